The summed E-state index contributed by atoms with van der Waals surface area (Å²) in [6, 6.07) is 15.8. The first-order chi connectivity index (χ1) is 16.6. The van der Waals surface area contributed by atoms with Gasteiger partial charge in [-0.15, -0.1) is 0 Å². The topological polar surface area (TPSA) is 68.2 Å². The Morgan fingerprint density at radius 1 is 1.06 bits per heavy atom. The van der Waals surface area contributed by atoms with E-state index in [1.54, 1.807) is 18.7 Å². The number of nitrogens with zero attached hydrogens (tertiary/aromatic N) is 1. The summed E-state index contributed by atoms with van der Waals surface area (Å²) >= 11 is 0. The van der Waals surface area contributed by atoms with E-state index in [0.717, 1.165) is 22.2 Å². The molecule has 0 saturated carbocycles. The number of hydrogen-bond acceptors (Lipinski definition) is 5. The van der Waals surface area contributed by atoms with Crippen LogP contribution >= 0.6 is 0 Å². The average molecular weight is 493 g/mol. The zero-order chi connectivity index (χ0) is 26.5. The number of aliphatic hydroxyl groups is 1. The Hall–Kier alpha value is -2.35. The molecule has 0 spiro atoms. The predicted octanol–water partition coefficient (Wildman–Crippen LogP) is 5.25. The zero-order valence-electron chi connectivity index (χ0n) is 22.9. The lowest BCUT2D eigenvalue weighted by Crippen LogP contribution is -2.51. The molecule has 2 heterocycles. The van der Waals surface area contributed by atoms with Gasteiger partial charge in [-0.05, 0) is 72.0 Å². The van der Waals surface area contributed by atoms with E-state index >= 15 is 0 Å². The quantitative estimate of drug-likeness (QED) is 0.557. The van der Waals surface area contributed by atoms with Crippen LogP contribution in [0.15, 0.2) is 48.5 Å². The lowest BCUT2D eigenvalue weighted by atomic mass is 9.75. The molecule has 0 aliphatic carbocycles. The van der Waals surface area contributed by atoms with Crippen LogP contribution in [-0.2, 0) is 19.6 Å². The van der Waals surface area contributed by atoms with Crippen molar-refractivity contribution in [2.45, 2.75) is 96.7 Å². The van der Waals surface area contributed by atoms with Gasteiger partial charge in [-0.3, -0.25) is 0 Å². The van der Waals surface area contributed by atoms with Crippen LogP contribution in [0, 0.1) is 6.92 Å². The molecule has 0 bridgehead atoms. The lowest BCUT2D eigenvalue weighted by Gasteiger charge is -2.45. The number of carbonyl (C=O) groups excluding carboxylic acids is 1. The Kier molecular flexibility index (Phi) is 6.82. The molecular weight excluding hydrogens is 453 g/mol. The monoisotopic (exact) mass is 493 g/mol. The van der Waals surface area contributed by atoms with Crippen LogP contribution in [-0.4, -0.2) is 46.6 Å². The number of hydrogen-bond donors (Lipinski definition) is 1. The molecule has 0 radical (unpaired) electrons. The Morgan fingerprint density at radius 3 is 2.19 bits per heavy atom. The number of amides is 1. The molecule has 36 heavy (non-hydrogen) atoms. The fourth-order valence-electron chi connectivity index (χ4n) is 5.26. The van der Waals surface area contributed by atoms with E-state index in [-0.39, 0.29) is 12.1 Å². The first kappa shape index (κ1) is 26.7. The second-order valence-corrected chi connectivity index (χ2v) is 12.0. The molecule has 2 saturated heterocycles. The van der Waals surface area contributed by atoms with Crippen LogP contribution < -0.4 is 5.46 Å². The van der Waals surface area contributed by atoms with E-state index in [4.69, 9.17) is 14.0 Å². The summed E-state index contributed by atoms with van der Waals surface area (Å²) in [6.07, 6.45) is 0.566. The van der Waals surface area contributed by atoms with Gasteiger partial charge in [0, 0.05) is 19.4 Å². The van der Waals surface area contributed by atoms with Gasteiger partial charge < -0.3 is 24.1 Å². The molecule has 2 aliphatic heterocycles. The third kappa shape index (κ3) is 5.06. The van der Waals surface area contributed by atoms with Crippen LogP contribution in [0.25, 0.3) is 0 Å². The molecule has 194 valence electrons. The Labute approximate surface area is 216 Å². The molecule has 1 N–H and O–H groups in total. The van der Waals surface area contributed by atoms with Crippen LogP contribution in [0.5, 0.6) is 0 Å². The minimum Gasteiger partial charge on any atom is -0.438 e. The van der Waals surface area contributed by atoms with Crippen molar-refractivity contribution >= 4 is 18.7 Å². The summed E-state index contributed by atoms with van der Waals surface area (Å²) in [5.41, 5.74) is 1.36. The van der Waals surface area contributed by atoms with Crippen LogP contribution in [0.4, 0.5) is 4.79 Å². The van der Waals surface area contributed by atoms with Crippen molar-refractivity contribution < 1.29 is 23.9 Å². The Morgan fingerprint density at radius 2 is 1.67 bits per heavy atom. The van der Waals surface area contributed by atoms with Gasteiger partial charge in [0.1, 0.15) is 5.60 Å². The first-order valence-electron chi connectivity index (χ1n) is 12.9. The maximum Gasteiger partial charge on any atom is 0.495 e. The average Bonchev–Trinajstić information content (AvgIpc) is 2.99. The maximum atomic E-state index is 13.4. The fraction of sp³-hybridized carbons (Fsp3) is 0.552. The van der Waals surface area contributed by atoms with Gasteiger partial charge in [0.2, 0.25) is 0 Å². The summed E-state index contributed by atoms with van der Waals surface area (Å²) in [7, 11) is -0.423. The predicted molar refractivity (Wildman–Crippen MR) is 142 cm³/mol. The summed E-state index contributed by atoms with van der Waals surface area (Å²) < 4.78 is 18.6. The highest BCUT2D eigenvalue weighted by Crippen LogP contribution is 2.42. The summed E-state index contributed by atoms with van der Waals surface area (Å²) in [4.78, 5) is 15.1. The van der Waals surface area contributed by atoms with Crippen molar-refractivity contribution in [1.29, 1.82) is 0 Å². The maximum absolute atomic E-state index is 13.4. The van der Waals surface area contributed by atoms with Crippen LogP contribution in [0.2, 0.25) is 0 Å². The molecule has 1 amide bonds. The molecule has 2 aliphatic rings. The van der Waals surface area contributed by atoms with Gasteiger partial charge in [0.05, 0.1) is 22.8 Å². The molecule has 0 unspecified atom stereocenters. The van der Waals surface area contributed by atoms with Crippen LogP contribution in [0.3, 0.4) is 0 Å². The molecule has 4 rings (SSSR count). The molecule has 2 aromatic carbocycles. The summed E-state index contributed by atoms with van der Waals surface area (Å²) in [5, 5.41) is 10.6. The van der Waals surface area contributed by atoms with E-state index in [1.807, 2.05) is 77.1 Å². The van der Waals surface area contributed by atoms with Gasteiger partial charge in [-0.25, -0.2) is 4.79 Å². The normalized spacial score (nSPS) is 24.5. The lowest BCUT2D eigenvalue weighted by molar-refractivity contribution is -0.101. The standard InChI is InChI=1S/C29H40BNO5/c1-20-18-22(14-15-24(20)30-35-27(5,6)28(7,8)36-30)21(2)31-17-16-29(34-25(31)32,19-26(3,4)33)23-12-10-9-11-13-23/h9-15,18,21,33H,16-17,19H2,1-8H3/t21-,29-/m0/s1. The van der Waals surface area contributed by atoms with Gasteiger partial charge in [0.15, 0.2) is 0 Å². The van der Waals surface area contributed by atoms with E-state index in [0.29, 0.717) is 19.4 Å². The van der Waals surface area contributed by atoms with E-state index in [1.165, 1.54) is 0 Å². The second kappa shape index (κ2) is 9.19. The summed E-state index contributed by atoms with van der Waals surface area (Å²) in [5.74, 6) is 0. The van der Waals surface area contributed by atoms with E-state index < -0.39 is 29.5 Å². The highest BCUT2D eigenvalue weighted by Gasteiger charge is 2.52. The van der Waals surface area contributed by atoms with Gasteiger partial charge in [-0.2, -0.15) is 0 Å². The minimum absolute atomic E-state index is 0.167. The molecule has 2 atom stereocenters. The van der Waals surface area contributed by atoms with Crippen LogP contribution in [0.1, 0.15) is 84.0 Å². The smallest absolute Gasteiger partial charge is 0.438 e. The Bertz CT molecular complexity index is 1090. The molecular formula is C29H40BNO5. The number of ether oxygens (including phenoxy) is 1. The molecule has 2 aromatic rings. The highest BCUT2D eigenvalue weighted by molar-refractivity contribution is 6.62. The third-order valence-corrected chi connectivity index (χ3v) is 8.04. The van der Waals surface area contributed by atoms with Gasteiger partial charge in [-0.1, -0.05) is 54.1 Å². The van der Waals surface area contributed by atoms with Gasteiger partial charge in [0.25, 0.3) is 0 Å². The van der Waals surface area contributed by atoms with E-state index in [9.17, 15) is 9.90 Å². The number of carbonyl (C=O) groups is 1. The number of aryl methyl sites for hydroxylation is 1. The SMILES string of the molecule is Cc1cc([C@H](C)N2CC[C@](CC(C)(C)O)(c3ccccc3)OC2=O)ccc1B1OC(C)(C)C(C)(C)O1. The Balaban J connectivity index is 1.53. The zero-order valence-corrected chi connectivity index (χ0v) is 22.9. The third-order valence-electron chi connectivity index (χ3n) is 8.04. The van der Waals surface area contributed by atoms with E-state index in [2.05, 4.69) is 13.0 Å². The first-order valence-corrected chi connectivity index (χ1v) is 12.9. The molecule has 0 aromatic heterocycles. The van der Waals surface area contributed by atoms with Crippen molar-refractivity contribution in [3.8, 4) is 0 Å². The number of benzene rings is 2. The second-order valence-electron chi connectivity index (χ2n) is 12.0. The fourth-order valence-corrected chi connectivity index (χ4v) is 5.26. The number of cyclic esters (lactones) is 1. The van der Waals surface area contributed by atoms with Crippen molar-refractivity contribution in [2.75, 3.05) is 6.54 Å². The minimum atomic E-state index is -0.982. The molecule has 2 fully saturated rings. The van der Waals surface area contributed by atoms with Gasteiger partial charge >= 0.3 is 13.2 Å². The van der Waals surface area contributed by atoms with Crippen molar-refractivity contribution in [2.24, 2.45) is 0 Å². The van der Waals surface area contributed by atoms with Crippen molar-refractivity contribution in [1.82, 2.24) is 4.90 Å². The van der Waals surface area contributed by atoms with Crippen molar-refractivity contribution in [3.05, 3.63) is 65.2 Å². The summed E-state index contributed by atoms with van der Waals surface area (Å²) in [6.45, 7) is 16.3. The largest absolute Gasteiger partial charge is 0.495 e. The highest BCUT2D eigenvalue weighted by atomic mass is 16.7. The molecule has 6 nitrogen and oxygen atoms in total. The molecule has 7 heteroatoms. The number of rotatable bonds is 6. The van der Waals surface area contributed by atoms with Crippen molar-refractivity contribution in [3.63, 3.8) is 0 Å².